The van der Waals surface area contributed by atoms with Crippen molar-refractivity contribution in [3.63, 3.8) is 0 Å². The van der Waals surface area contributed by atoms with Crippen LogP contribution in [0.3, 0.4) is 0 Å². The van der Waals surface area contributed by atoms with Gasteiger partial charge in [0.15, 0.2) is 0 Å². The fraction of sp³-hybridized carbons (Fsp3) is 0.857. The van der Waals surface area contributed by atoms with Gasteiger partial charge in [0.1, 0.15) is 0 Å². The number of carbonyl (C=O) groups is 1. The summed E-state index contributed by atoms with van der Waals surface area (Å²) in [5, 5.41) is 11.2. The third-order valence-corrected chi connectivity index (χ3v) is 1.38. The van der Waals surface area contributed by atoms with E-state index in [-0.39, 0.29) is 18.0 Å². The van der Waals surface area contributed by atoms with E-state index < -0.39 is 0 Å². The molecule has 4 heteroatoms. The van der Waals surface area contributed by atoms with E-state index in [0.29, 0.717) is 0 Å². The molecule has 2 unspecified atom stereocenters. The molecule has 0 aromatic carbocycles. The van der Waals surface area contributed by atoms with E-state index in [1.807, 2.05) is 13.8 Å². The van der Waals surface area contributed by atoms with Gasteiger partial charge in [-0.2, -0.15) is 0 Å². The lowest BCUT2D eigenvalue weighted by Gasteiger charge is -2.16. The number of carbonyl (C=O) groups excluding carboxylic acids is 1. The minimum atomic E-state index is -0.0392. The highest BCUT2D eigenvalue weighted by Gasteiger charge is 2.07. The number of hydroxylamine groups is 1. The maximum Gasteiger partial charge on any atom is 0.217 e. The number of rotatable bonds is 4. The van der Waals surface area contributed by atoms with Crippen LogP contribution in [0.25, 0.3) is 0 Å². The molecule has 0 spiro atoms. The number of amides is 1. The van der Waals surface area contributed by atoms with Gasteiger partial charge in [0.25, 0.3) is 0 Å². The van der Waals surface area contributed by atoms with Crippen molar-refractivity contribution in [1.29, 1.82) is 0 Å². The Labute approximate surface area is 66.9 Å². The fourth-order valence-corrected chi connectivity index (χ4v) is 0.989. The van der Waals surface area contributed by atoms with Crippen molar-refractivity contribution in [1.82, 2.24) is 10.8 Å². The van der Waals surface area contributed by atoms with Crippen LogP contribution < -0.4 is 10.8 Å². The van der Waals surface area contributed by atoms with Crippen LogP contribution in [0.4, 0.5) is 0 Å². The highest BCUT2D eigenvalue weighted by atomic mass is 16.5. The minimum absolute atomic E-state index is 0.0110. The maximum atomic E-state index is 10.5. The standard InChI is InChI=1S/C7H16N2O2/c1-5(8-7(3)10)4-6(2)9-11/h5-6,9,11H,4H2,1-3H3,(H,8,10). The molecule has 0 aliphatic rings. The summed E-state index contributed by atoms with van der Waals surface area (Å²) in [6, 6.07) is 0.110. The summed E-state index contributed by atoms with van der Waals surface area (Å²) >= 11 is 0. The predicted octanol–water partition coefficient (Wildman–Crippen LogP) is 0.268. The maximum absolute atomic E-state index is 10.5. The Kier molecular flexibility index (Phi) is 4.81. The molecule has 3 N–H and O–H groups in total. The third-order valence-electron chi connectivity index (χ3n) is 1.38. The topological polar surface area (TPSA) is 61.4 Å². The lowest BCUT2D eigenvalue weighted by Crippen LogP contribution is -2.36. The summed E-state index contributed by atoms with van der Waals surface area (Å²) < 4.78 is 0. The predicted molar refractivity (Wildman–Crippen MR) is 42.3 cm³/mol. The Morgan fingerprint density at radius 2 is 2.00 bits per heavy atom. The number of nitrogens with one attached hydrogen (secondary N) is 2. The first-order valence-electron chi connectivity index (χ1n) is 3.73. The molecular weight excluding hydrogens is 144 g/mol. The highest BCUT2D eigenvalue weighted by Crippen LogP contribution is 1.95. The van der Waals surface area contributed by atoms with Crippen LogP contribution in [-0.4, -0.2) is 23.2 Å². The van der Waals surface area contributed by atoms with Gasteiger partial charge in [-0.1, -0.05) is 0 Å². The Bertz CT molecular complexity index is 128. The molecule has 0 rings (SSSR count). The van der Waals surface area contributed by atoms with E-state index in [1.54, 1.807) is 0 Å². The molecule has 0 aromatic heterocycles. The van der Waals surface area contributed by atoms with Gasteiger partial charge < -0.3 is 10.5 Å². The van der Waals surface area contributed by atoms with E-state index in [1.165, 1.54) is 6.92 Å². The van der Waals surface area contributed by atoms with Crippen LogP contribution in [0.2, 0.25) is 0 Å². The summed E-state index contributed by atoms with van der Waals surface area (Å²) in [6.45, 7) is 5.22. The Morgan fingerprint density at radius 3 is 2.36 bits per heavy atom. The van der Waals surface area contributed by atoms with E-state index in [0.717, 1.165) is 6.42 Å². The SMILES string of the molecule is CC(=O)NC(C)CC(C)NO. The van der Waals surface area contributed by atoms with Gasteiger partial charge in [0.05, 0.1) is 0 Å². The van der Waals surface area contributed by atoms with E-state index >= 15 is 0 Å². The fourth-order valence-electron chi connectivity index (χ4n) is 0.989. The molecule has 0 radical (unpaired) electrons. The van der Waals surface area contributed by atoms with Crippen LogP contribution in [0, 0.1) is 0 Å². The summed E-state index contributed by atoms with van der Waals surface area (Å²) in [4.78, 5) is 10.5. The van der Waals surface area contributed by atoms with Crippen molar-refractivity contribution >= 4 is 5.91 Å². The molecule has 0 aromatic rings. The van der Waals surface area contributed by atoms with Gasteiger partial charge in [0.2, 0.25) is 5.91 Å². The Hall–Kier alpha value is -0.610. The summed E-state index contributed by atoms with van der Waals surface area (Å²) in [5.74, 6) is -0.0392. The minimum Gasteiger partial charge on any atom is -0.354 e. The summed E-state index contributed by atoms with van der Waals surface area (Å²) in [5.41, 5.74) is 2.12. The van der Waals surface area contributed by atoms with E-state index in [9.17, 15) is 4.79 Å². The van der Waals surface area contributed by atoms with Crippen molar-refractivity contribution in [2.75, 3.05) is 0 Å². The smallest absolute Gasteiger partial charge is 0.217 e. The van der Waals surface area contributed by atoms with Gasteiger partial charge in [-0.25, -0.2) is 5.48 Å². The molecule has 0 fully saturated rings. The molecule has 66 valence electrons. The summed E-state index contributed by atoms with van der Waals surface area (Å²) in [6.07, 6.45) is 0.718. The molecule has 0 aliphatic carbocycles. The van der Waals surface area contributed by atoms with Gasteiger partial charge >= 0.3 is 0 Å². The lowest BCUT2D eigenvalue weighted by atomic mass is 10.1. The lowest BCUT2D eigenvalue weighted by molar-refractivity contribution is -0.119. The second-order valence-corrected chi connectivity index (χ2v) is 2.87. The zero-order valence-corrected chi connectivity index (χ0v) is 7.22. The second kappa shape index (κ2) is 5.09. The molecule has 4 nitrogen and oxygen atoms in total. The molecule has 0 saturated carbocycles. The van der Waals surface area contributed by atoms with Crippen molar-refractivity contribution in [2.24, 2.45) is 0 Å². The Morgan fingerprint density at radius 1 is 1.45 bits per heavy atom. The number of hydrogen-bond acceptors (Lipinski definition) is 3. The van der Waals surface area contributed by atoms with Gasteiger partial charge in [0, 0.05) is 19.0 Å². The molecule has 0 aliphatic heterocycles. The van der Waals surface area contributed by atoms with Crippen LogP contribution in [0.5, 0.6) is 0 Å². The van der Waals surface area contributed by atoms with E-state index in [2.05, 4.69) is 10.8 Å². The summed E-state index contributed by atoms with van der Waals surface area (Å²) in [7, 11) is 0. The third kappa shape index (κ3) is 5.82. The van der Waals surface area contributed by atoms with Crippen LogP contribution in [0.15, 0.2) is 0 Å². The van der Waals surface area contributed by atoms with Crippen molar-refractivity contribution in [3.8, 4) is 0 Å². The largest absolute Gasteiger partial charge is 0.354 e. The average molecular weight is 160 g/mol. The van der Waals surface area contributed by atoms with Crippen LogP contribution in [0.1, 0.15) is 27.2 Å². The molecule has 1 amide bonds. The average Bonchev–Trinajstić information content (AvgIpc) is 1.85. The molecule has 2 atom stereocenters. The first-order valence-corrected chi connectivity index (χ1v) is 3.73. The zero-order chi connectivity index (χ0) is 8.85. The van der Waals surface area contributed by atoms with Crippen molar-refractivity contribution in [2.45, 2.75) is 39.3 Å². The van der Waals surface area contributed by atoms with Gasteiger partial charge in [-0.05, 0) is 20.3 Å². The Balaban J connectivity index is 3.51. The molecule has 0 heterocycles. The molecular formula is C7H16N2O2. The van der Waals surface area contributed by atoms with Crippen molar-refractivity contribution in [3.05, 3.63) is 0 Å². The normalized spacial score (nSPS) is 15.6. The quantitative estimate of drug-likeness (QED) is 0.517. The van der Waals surface area contributed by atoms with Crippen LogP contribution >= 0.6 is 0 Å². The van der Waals surface area contributed by atoms with E-state index in [4.69, 9.17) is 5.21 Å². The van der Waals surface area contributed by atoms with Gasteiger partial charge in [-0.3, -0.25) is 4.79 Å². The van der Waals surface area contributed by atoms with Gasteiger partial charge in [-0.15, -0.1) is 0 Å². The molecule has 0 saturated heterocycles. The zero-order valence-electron chi connectivity index (χ0n) is 7.22. The highest BCUT2D eigenvalue weighted by molar-refractivity contribution is 5.73. The second-order valence-electron chi connectivity index (χ2n) is 2.87. The van der Waals surface area contributed by atoms with Crippen molar-refractivity contribution < 1.29 is 10.0 Å². The molecule has 11 heavy (non-hydrogen) atoms. The monoisotopic (exact) mass is 160 g/mol. The number of hydrogen-bond donors (Lipinski definition) is 3. The molecule has 0 bridgehead atoms. The van der Waals surface area contributed by atoms with Crippen LogP contribution in [-0.2, 0) is 4.79 Å². The first-order chi connectivity index (χ1) is 5.06. The first kappa shape index (κ1) is 10.4.